The predicted molar refractivity (Wildman–Crippen MR) is 85.8 cm³/mol. The fraction of sp³-hybridized carbons (Fsp3) is 0.625. The summed E-state index contributed by atoms with van der Waals surface area (Å²) in [6, 6.07) is 6.57. The van der Waals surface area contributed by atoms with Crippen molar-refractivity contribution in [3.8, 4) is 0 Å². The average molecular weight is 326 g/mol. The molecule has 0 aliphatic carbocycles. The number of hydrogen-bond donors (Lipinski definition) is 0. The fourth-order valence-electron chi connectivity index (χ4n) is 3.18. The van der Waals surface area contributed by atoms with E-state index in [2.05, 4.69) is 0 Å². The number of benzene rings is 1. The third-order valence-corrected chi connectivity index (χ3v) is 5.50. The van der Waals surface area contributed by atoms with E-state index in [1.807, 2.05) is 34.6 Å². The molecule has 0 amide bonds. The number of nitrogens with zero attached hydrogens (tertiary/aromatic N) is 1. The standard InChI is InChI=1S/C16H24NO4S/c1-12-6-8-14(9-7-12)22(19,20)21-13-10-15(2,3)17(18)16(4,5)11-13/h6-9,13H,10-11H2,1-5H3/q-1. The van der Waals surface area contributed by atoms with Crippen LogP contribution in [-0.2, 0) is 14.3 Å². The van der Waals surface area contributed by atoms with Gasteiger partial charge in [0, 0.05) is 11.1 Å². The van der Waals surface area contributed by atoms with Gasteiger partial charge in [0.05, 0.1) is 11.0 Å². The maximum absolute atomic E-state index is 12.4. The van der Waals surface area contributed by atoms with Crippen molar-refractivity contribution in [1.29, 1.82) is 0 Å². The molecule has 1 aromatic rings. The van der Waals surface area contributed by atoms with Gasteiger partial charge in [0.2, 0.25) is 0 Å². The minimum Gasteiger partial charge on any atom is -0.784 e. The van der Waals surface area contributed by atoms with Crippen LogP contribution in [0.15, 0.2) is 29.2 Å². The first kappa shape index (κ1) is 17.4. The number of hydroxylamine groups is 2. The zero-order valence-corrected chi connectivity index (χ0v) is 14.6. The Balaban J connectivity index is 2.21. The number of hydrogen-bond acceptors (Lipinski definition) is 5. The molecule has 0 aromatic heterocycles. The third-order valence-electron chi connectivity index (χ3n) is 4.13. The molecule has 1 heterocycles. The fourth-order valence-corrected chi connectivity index (χ4v) is 4.25. The summed E-state index contributed by atoms with van der Waals surface area (Å²) in [6.45, 7) is 9.16. The first-order chi connectivity index (χ1) is 9.94. The van der Waals surface area contributed by atoms with Crippen LogP contribution in [0.4, 0.5) is 0 Å². The first-order valence-electron chi connectivity index (χ1n) is 7.41. The van der Waals surface area contributed by atoms with Crippen LogP contribution in [-0.4, -0.2) is 30.7 Å². The molecule has 0 atom stereocenters. The smallest absolute Gasteiger partial charge is 0.297 e. The van der Waals surface area contributed by atoms with Crippen molar-refractivity contribution >= 4 is 10.1 Å². The Morgan fingerprint density at radius 3 is 2.00 bits per heavy atom. The van der Waals surface area contributed by atoms with Crippen molar-refractivity contribution in [3.05, 3.63) is 35.0 Å². The van der Waals surface area contributed by atoms with Gasteiger partial charge in [0.25, 0.3) is 10.1 Å². The van der Waals surface area contributed by atoms with Crippen LogP contribution >= 0.6 is 0 Å². The zero-order valence-electron chi connectivity index (χ0n) is 13.8. The van der Waals surface area contributed by atoms with E-state index in [0.717, 1.165) is 10.6 Å². The molecule has 5 nitrogen and oxygen atoms in total. The highest BCUT2D eigenvalue weighted by Gasteiger charge is 2.42. The lowest BCUT2D eigenvalue weighted by Crippen LogP contribution is -2.59. The van der Waals surface area contributed by atoms with Gasteiger partial charge in [-0.1, -0.05) is 17.7 Å². The van der Waals surface area contributed by atoms with Crippen molar-refractivity contribution in [2.24, 2.45) is 0 Å². The lowest BCUT2D eigenvalue weighted by Gasteiger charge is -2.59. The summed E-state index contributed by atoms with van der Waals surface area (Å²) in [7, 11) is -3.82. The lowest BCUT2D eigenvalue weighted by atomic mass is 9.80. The van der Waals surface area contributed by atoms with Crippen LogP contribution in [0.25, 0.3) is 0 Å². The number of piperidine rings is 1. The molecule has 1 saturated heterocycles. The van der Waals surface area contributed by atoms with Gasteiger partial charge in [0.1, 0.15) is 0 Å². The van der Waals surface area contributed by atoms with Gasteiger partial charge in [0.15, 0.2) is 0 Å². The summed E-state index contributed by atoms with van der Waals surface area (Å²) in [5, 5.41) is 13.4. The summed E-state index contributed by atoms with van der Waals surface area (Å²) in [5.74, 6) is 0. The van der Waals surface area contributed by atoms with Gasteiger partial charge in [-0.3, -0.25) is 4.18 Å². The van der Waals surface area contributed by atoms with Crippen LogP contribution in [0.5, 0.6) is 0 Å². The molecule has 1 aliphatic rings. The van der Waals surface area contributed by atoms with E-state index >= 15 is 0 Å². The summed E-state index contributed by atoms with van der Waals surface area (Å²) in [4.78, 5) is 0.151. The quantitative estimate of drug-likeness (QED) is 0.798. The highest BCUT2D eigenvalue weighted by atomic mass is 32.2. The molecule has 0 saturated carbocycles. The largest absolute Gasteiger partial charge is 0.784 e. The Kier molecular flexibility index (Phi) is 4.43. The van der Waals surface area contributed by atoms with Crippen LogP contribution < -0.4 is 0 Å². The van der Waals surface area contributed by atoms with Crippen molar-refractivity contribution < 1.29 is 12.6 Å². The van der Waals surface area contributed by atoms with E-state index in [-0.39, 0.29) is 4.90 Å². The van der Waals surface area contributed by atoms with Gasteiger partial charge < -0.3 is 10.3 Å². The highest BCUT2D eigenvalue weighted by Crippen LogP contribution is 2.39. The molecule has 0 bridgehead atoms. The Morgan fingerprint density at radius 2 is 1.55 bits per heavy atom. The van der Waals surface area contributed by atoms with Crippen LogP contribution in [0.2, 0.25) is 0 Å². The second kappa shape index (κ2) is 5.60. The molecule has 0 N–H and O–H groups in total. The second-order valence-corrected chi connectivity index (χ2v) is 8.89. The molecule has 22 heavy (non-hydrogen) atoms. The monoisotopic (exact) mass is 326 g/mol. The maximum Gasteiger partial charge on any atom is 0.297 e. The van der Waals surface area contributed by atoms with E-state index in [0.29, 0.717) is 12.8 Å². The summed E-state index contributed by atoms with van der Waals surface area (Å²) in [5.41, 5.74) is -0.328. The first-order valence-corrected chi connectivity index (χ1v) is 8.82. The molecule has 1 fully saturated rings. The number of aryl methyl sites for hydroxylation is 1. The molecule has 124 valence electrons. The Bertz CT molecular complexity index is 617. The minimum atomic E-state index is -3.82. The van der Waals surface area contributed by atoms with Crippen LogP contribution in [0.3, 0.4) is 0 Å². The molecule has 0 spiro atoms. The molecule has 1 aliphatic heterocycles. The molecule has 6 heteroatoms. The lowest BCUT2D eigenvalue weighted by molar-refractivity contribution is -0.0385. The zero-order chi connectivity index (χ0) is 16.8. The molecule has 1 aromatic carbocycles. The van der Waals surface area contributed by atoms with Gasteiger partial charge >= 0.3 is 0 Å². The molecular weight excluding hydrogens is 302 g/mol. The van der Waals surface area contributed by atoms with Gasteiger partial charge in [-0.25, -0.2) is 0 Å². The topological polar surface area (TPSA) is 69.7 Å². The van der Waals surface area contributed by atoms with E-state index < -0.39 is 27.3 Å². The van der Waals surface area contributed by atoms with Crippen molar-refractivity contribution in [3.63, 3.8) is 0 Å². The van der Waals surface area contributed by atoms with E-state index in [1.165, 1.54) is 0 Å². The summed E-state index contributed by atoms with van der Waals surface area (Å²) in [6.07, 6.45) is 0.261. The van der Waals surface area contributed by atoms with Crippen LogP contribution in [0.1, 0.15) is 46.1 Å². The second-order valence-electron chi connectivity index (χ2n) is 7.31. The van der Waals surface area contributed by atoms with Crippen molar-refractivity contribution in [2.75, 3.05) is 0 Å². The highest BCUT2D eigenvalue weighted by molar-refractivity contribution is 7.86. The van der Waals surface area contributed by atoms with E-state index in [4.69, 9.17) is 4.18 Å². The Morgan fingerprint density at radius 1 is 1.09 bits per heavy atom. The third kappa shape index (κ3) is 3.51. The normalized spacial score (nSPS) is 22.6. The Labute approximate surface area is 133 Å². The SMILES string of the molecule is Cc1ccc(S(=O)(=O)OC2CC(C)(C)N([O-])C(C)(C)C2)cc1. The van der Waals surface area contributed by atoms with E-state index in [9.17, 15) is 13.6 Å². The summed E-state index contributed by atoms with van der Waals surface area (Å²) < 4.78 is 30.2. The Hall–Kier alpha value is -0.950. The van der Waals surface area contributed by atoms with Gasteiger partial charge in [-0.05, 0) is 59.6 Å². The average Bonchev–Trinajstić information content (AvgIpc) is 2.35. The van der Waals surface area contributed by atoms with Crippen molar-refractivity contribution in [1.82, 2.24) is 5.06 Å². The molecule has 0 unspecified atom stereocenters. The molecular formula is C16H24NO4S-. The van der Waals surface area contributed by atoms with Crippen LogP contribution in [0, 0.1) is 12.1 Å². The molecule has 0 radical (unpaired) electrons. The maximum atomic E-state index is 12.4. The van der Waals surface area contributed by atoms with Gasteiger partial charge in [-0.15, -0.1) is 0 Å². The summed E-state index contributed by atoms with van der Waals surface area (Å²) >= 11 is 0. The van der Waals surface area contributed by atoms with Gasteiger partial charge in [-0.2, -0.15) is 8.42 Å². The van der Waals surface area contributed by atoms with Crippen molar-refractivity contribution in [2.45, 2.75) is 69.5 Å². The van der Waals surface area contributed by atoms with E-state index in [1.54, 1.807) is 24.3 Å². The minimum absolute atomic E-state index is 0.151. The predicted octanol–water partition coefficient (Wildman–Crippen LogP) is 3.22. The number of rotatable bonds is 3. The molecule has 2 rings (SSSR count).